The first-order valence-electron chi connectivity index (χ1n) is 7.04. The van der Waals surface area contributed by atoms with E-state index < -0.39 is 5.97 Å². The summed E-state index contributed by atoms with van der Waals surface area (Å²) in [6.45, 7) is 2.10. The standard InChI is InChI=1S/C15H20N4O3/c1-2-22-15(21)10-11-19(18-17)14(16)9-8-13(20)12-6-4-3-5-7-12/h3-7,16-17H,2,8-11H2,1H3. The second-order valence-electron chi connectivity index (χ2n) is 4.51. The molecule has 0 bridgehead atoms. The first-order chi connectivity index (χ1) is 10.6. The zero-order valence-electron chi connectivity index (χ0n) is 12.5. The summed E-state index contributed by atoms with van der Waals surface area (Å²) in [5.74, 6) is -0.437. The Labute approximate surface area is 129 Å². The van der Waals surface area contributed by atoms with E-state index in [1.54, 1.807) is 31.2 Å². The molecular weight excluding hydrogens is 284 g/mol. The Kier molecular flexibility index (Phi) is 7.45. The minimum atomic E-state index is -0.399. The SMILES string of the molecule is CCOC(=O)CCN(N=N)C(=N)CCC(=O)c1ccccc1. The summed E-state index contributed by atoms with van der Waals surface area (Å²) >= 11 is 0. The summed E-state index contributed by atoms with van der Waals surface area (Å²) in [4.78, 5) is 23.2. The minimum Gasteiger partial charge on any atom is -0.466 e. The van der Waals surface area contributed by atoms with Gasteiger partial charge in [0, 0.05) is 18.4 Å². The average molecular weight is 304 g/mol. The minimum absolute atomic E-state index is 0.0311. The zero-order valence-corrected chi connectivity index (χ0v) is 12.5. The van der Waals surface area contributed by atoms with E-state index in [1.165, 1.54) is 0 Å². The molecule has 118 valence electrons. The topological polar surface area (TPSA) is 107 Å². The number of amidine groups is 1. The highest BCUT2D eigenvalue weighted by Crippen LogP contribution is 2.08. The van der Waals surface area contributed by atoms with Crippen LogP contribution in [0.2, 0.25) is 0 Å². The number of nitrogens with one attached hydrogen (secondary N) is 2. The van der Waals surface area contributed by atoms with Gasteiger partial charge in [-0.05, 0) is 6.92 Å². The molecule has 0 radical (unpaired) electrons. The number of nitrogens with zero attached hydrogens (tertiary/aromatic N) is 2. The summed E-state index contributed by atoms with van der Waals surface area (Å²) < 4.78 is 4.78. The summed E-state index contributed by atoms with van der Waals surface area (Å²) in [5, 5.41) is 12.2. The number of ether oxygens (including phenoxy) is 1. The molecule has 0 aliphatic rings. The lowest BCUT2D eigenvalue weighted by atomic mass is 10.1. The highest BCUT2D eigenvalue weighted by atomic mass is 16.5. The Hall–Kier alpha value is -2.57. The van der Waals surface area contributed by atoms with Crippen LogP contribution in [0.5, 0.6) is 0 Å². The van der Waals surface area contributed by atoms with Crippen LogP contribution in [0, 0.1) is 10.9 Å². The number of hydrogen-bond donors (Lipinski definition) is 2. The van der Waals surface area contributed by atoms with Gasteiger partial charge in [-0.2, -0.15) is 5.53 Å². The summed E-state index contributed by atoms with van der Waals surface area (Å²) in [6.07, 6.45) is 0.373. The normalized spacial score (nSPS) is 9.86. The zero-order chi connectivity index (χ0) is 16.4. The van der Waals surface area contributed by atoms with E-state index in [2.05, 4.69) is 5.22 Å². The van der Waals surface area contributed by atoms with Gasteiger partial charge < -0.3 is 4.74 Å². The Morgan fingerprint density at radius 2 is 1.86 bits per heavy atom. The Morgan fingerprint density at radius 1 is 1.18 bits per heavy atom. The molecule has 2 N–H and O–H groups in total. The number of esters is 1. The third kappa shape index (κ3) is 5.82. The number of ketones is 1. The molecule has 1 aromatic rings. The Morgan fingerprint density at radius 3 is 2.45 bits per heavy atom. The van der Waals surface area contributed by atoms with Gasteiger partial charge in [-0.25, -0.2) is 5.01 Å². The molecular formula is C15H20N4O3. The van der Waals surface area contributed by atoms with Crippen molar-refractivity contribution in [2.75, 3.05) is 13.2 Å². The van der Waals surface area contributed by atoms with Crippen LogP contribution < -0.4 is 0 Å². The van der Waals surface area contributed by atoms with Crippen LogP contribution in [-0.2, 0) is 9.53 Å². The number of rotatable bonds is 9. The maximum absolute atomic E-state index is 11.9. The van der Waals surface area contributed by atoms with Crippen LogP contribution >= 0.6 is 0 Å². The molecule has 0 fully saturated rings. The Bertz CT molecular complexity index is 531. The van der Waals surface area contributed by atoms with E-state index in [0.717, 1.165) is 5.01 Å². The first-order valence-corrected chi connectivity index (χ1v) is 7.04. The largest absolute Gasteiger partial charge is 0.466 e. The second-order valence-corrected chi connectivity index (χ2v) is 4.51. The second kappa shape index (κ2) is 9.38. The third-order valence-electron chi connectivity index (χ3n) is 2.95. The molecule has 0 aliphatic carbocycles. The van der Waals surface area contributed by atoms with Crippen LogP contribution in [0.3, 0.4) is 0 Å². The molecule has 0 aliphatic heterocycles. The highest BCUT2D eigenvalue weighted by Gasteiger charge is 2.14. The number of carbonyl (C=O) groups is 2. The summed E-state index contributed by atoms with van der Waals surface area (Å²) in [5.41, 5.74) is 7.65. The highest BCUT2D eigenvalue weighted by molar-refractivity contribution is 5.98. The van der Waals surface area contributed by atoms with Crippen LogP contribution in [0.4, 0.5) is 0 Å². The molecule has 0 amide bonds. The van der Waals surface area contributed by atoms with Crippen molar-refractivity contribution in [2.24, 2.45) is 5.22 Å². The third-order valence-corrected chi connectivity index (χ3v) is 2.95. The van der Waals surface area contributed by atoms with E-state index in [0.29, 0.717) is 12.2 Å². The van der Waals surface area contributed by atoms with Crippen LogP contribution in [0.15, 0.2) is 35.6 Å². The van der Waals surface area contributed by atoms with Gasteiger partial charge in [0.1, 0.15) is 5.84 Å². The number of carbonyl (C=O) groups excluding carboxylic acids is 2. The summed E-state index contributed by atoms with van der Waals surface area (Å²) in [6, 6.07) is 8.83. The average Bonchev–Trinajstić information content (AvgIpc) is 2.54. The quantitative estimate of drug-likeness (QED) is 0.183. The summed E-state index contributed by atoms with van der Waals surface area (Å²) in [7, 11) is 0. The van der Waals surface area contributed by atoms with Crippen molar-refractivity contribution >= 4 is 17.6 Å². The molecule has 7 heteroatoms. The van der Waals surface area contributed by atoms with Gasteiger partial charge in [0.25, 0.3) is 0 Å². The molecule has 0 saturated heterocycles. The molecule has 7 nitrogen and oxygen atoms in total. The lowest BCUT2D eigenvalue weighted by Gasteiger charge is -2.17. The lowest BCUT2D eigenvalue weighted by Crippen LogP contribution is -2.28. The van der Waals surface area contributed by atoms with E-state index in [1.807, 2.05) is 6.07 Å². The van der Waals surface area contributed by atoms with Crippen molar-refractivity contribution in [1.82, 2.24) is 5.01 Å². The molecule has 0 spiro atoms. The monoisotopic (exact) mass is 304 g/mol. The van der Waals surface area contributed by atoms with Crippen molar-refractivity contribution in [3.05, 3.63) is 35.9 Å². The van der Waals surface area contributed by atoms with Gasteiger partial charge in [0.15, 0.2) is 5.78 Å². The van der Waals surface area contributed by atoms with E-state index in [9.17, 15) is 9.59 Å². The fraction of sp³-hybridized carbons (Fsp3) is 0.400. The number of benzene rings is 1. The van der Waals surface area contributed by atoms with Crippen LogP contribution in [0.25, 0.3) is 0 Å². The van der Waals surface area contributed by atoms with Crippen molar-refractivity contribution < 1.29 is 14.3 Å². The van der Waals surface area contributed by atoms with Crippen molar-refractivity contribution in [2.45, 2.75) is 26.2 Å². The molecule has 22 heavy (non-hydrogen) atoms. The van der Waals surface area contributed by atoms with Gasteiger partial charge in [-0.15, -0.1) is 0 Å². The molecule has 0 atom stereocenters. The van der Waals surface area contributed by atoms with E-state index in [-0.39, 0.29) is 37.4 Å². The lowest BCUT2D eigenvalue weighted by molar-refractivity contribution is -0.143. The van der Waals surface area contributed by atoms with Crippen molar-refractivity contribution in [3.8, 4) is 0 Å². The predicted octanol–water partition coefficient (Wildman–Crippen LogP) is 2.83. The molecule has 0 unspecified atom stereocenters. The maximum Gasteiger partial charge on any atom is 0.307 e. The Balaban J connectivity index is 2.43. The van der Waals surface area contributed by atoms with Crippen LogP contribution in [-0.4, -0.2) is 35.7 Å². The maximum atomic E-state index is 11.9. The van der Waals surface area contributed by atoms with Gasteiger partial charge >= 0.3 is 5.97 Å². The van der Waals surface area contributed by atoms with E-state index >= 15 is 0 Å². The molecule has 0 aromatic heterocycles. The number of hydrogen-bond acceptors (Lipinski definition) is 6. The number of Topliss-reactive ketones (excluding diaryl/α,β-unsaturated/α-hetero) is 1. The van der Waals surface area contributed by atoms with Crippen LogP contribution in [0.1, 0.15) is 36.5 Å². The van der Waals surface area contributed by atoms with Crippen molar-refractivity contribution in [3.63, 3.8) is 0 Å². The molecule has 0 saturated carbocycles. The molecule has 0 heterocycles. The first kappa shape index (κ1) is 17.5. The fourth-order valence-corrected chi connectivity index (χ4v) is 1.81. The molecule has 1 aromatic carbocycles. The van der Waals surface area contributed by atoms with Gasteiger partial charge in [0.2, 0.25) is 0 Å². The van der Waals surface area contributed by atoms with Gasteiger partial charge in [0.05, 0.1) is 19.6 Å². The van der Waals surface area contributed by atoms with Crippen molar-refractivity contribution in [1.29, 1.82) is 10.9 Å². The van der Waals surface area contributed by atoms with Gasteiger partial charge in [-0.3, -0.25) is 15.0 Å². The molecule has 1 rings (SSSR count). The van der Waals surface area contributed by atoms with E-state index in [4.69, 9.17) is 15.7 Å². The fourth-order valence-electron chi connectivity index (χ4n) is 1.81. The smallest absolute Gasteiger partial charge is 0.307 e. The predicted molar refractivity (Wildman–Crippen MR) is 80.8 cm³/mol. The van der Waals surface area contributed by atoms with Gasteiger partial charge in [-0.1, -0.05) is 35.6 Å².